The second-order valence-corrected chi connectivity index (χ2v) is 4.89. The first kappa shape index (κ1) is 14.9. The van der Waals surface area contributed by atoms with Gasteiger partial charge in [0.15, 0.2) is 0 Å². The van der Waals surface area contributed by atoms with Crippen molar-refractivity contribution < 1.29 is 4.74 Å². The number of hydrogen-bond donors (Lipinski definition) is 2. The van der Waals surface area contributed by atoms with Crippen LogP contribution in [-0.4, -0.2) is 29.2 Å². The smallest absolute Gasteiger partial charge is 0.126 e. The average Bonchev–Trinajstić information content (AvgIpc) is 2.34. The van der Waals surface area contributed by atoms with E-state index in [4.69, 9.17) is 22.7 Å². The van der Waals surface area contributed by atoms with Crippen molar-refractivity contribution in [1.29, 1.82) is 0 Å². The zero-order valence-electron chi connectivity index (χ0n) is 11.1. The molecule has 0 aliphatic rings. The Labute approximate surface area is 114 Å². The lowest BCUT2D eigenvalue weighted by atomic mass is 10.1. The van der Waals surface area contributed by atoms with Gasteiger partial charge >= 0.3 is 0 Å². The number of nitrogens with one attached hydrogen (secondary N) is 1. The van der Waals surface area contributed by atoms with Crippen molar-refractivity contribution in [1.82, 2.24) is 4.98 Å². The Balaban J connectivity index is 2.73. The van der Waals surface area contributed by atoms with Gasteiger partial charge in [0, 0.05) is 18.4 Å². The molecule has 1 atom stereocenters. The van der Waals surface area contributed by atoms with Crippen LogP contribution >= 0.6 is 12.2 Å². The van der Waals surface area contributed by atoms with E-state index in [1.54, 1.807) is 12.3 Å². The van der Waals surface area contributed by atoms with Gasteiger partial charge in [-0.05, 0) is 25.0 Å². The molecule has 4 nitrogen and oxygen atoms in total. The van der Waals surface area contributed by atoms with Crippen LogP contribution in [0.2, 0.25) is 0 Å². The lowest BCUT2D eigenvalue weighted by Gasteiger charge is -2.22. The zero-order chi connectivity index (χ0) is 13.5. The Morgan fingerprint density at radius 1 is 1.56 bits per heavy atom. The Kier molecular flexibility index (Phi) is 6.01. The van der Waals surface area contributed by atoms with E-state index in [9.17, 15) is 0 Å². The fourth-order valence-electron chi connectivity index (χ4n) is 1.50. The van der Waals surface area contributed by atoms with E-state index < -0.39 is 0 Å². The molecule has 5 heteroatoms. The first-order valence-electron chi connectivity index (χ1n) is 6.14. The number of nitrogens with two attached hydrogens (primary N) is 1. The molecule has 0 amide bonds. The summed E-state index contributed by atoms with van der Waals surface area (Å²) in [6, 6.07) is 3.89. The standard InChI is InChI=1S/C13H21N3OS/c1-4-17-8-11(9(2)3)16-12-7-10(13(14)18)5-6-15-12/h5-7,9,11H,4,8H2,1-3H3,(H2,14,18)(H,15,16). The van der Waals surface area contributed by atoms with Crippen molar-refractivity contribution in [2.75, 3.05) is 18.5 Å². The number of thiocarbonyl (C=S) groups is 1. The molecule has 1 aromatic heterocycles. The highest BCUT2D eigenvalue weighted by atomic mass is 32.1. The molecule has 3 N–H and O–H groups in total. The van der Waals surface area contributed by atoms with Crippen LogP contribution in [0, 0.1) is 5.92 Å². The quantitative estimate of drug-likeness (QED) is 0.742. The van der Waals surface area contributed by atoms with Crippen LogP contribution in [0.15, 0.2) is 18.3 Å². The van der Waals surface area contributed by atoms with E-state index in [2.05, 4.69) is 24.1 Å². The van der Waals surface area contributed by atoms with Crippen molar-refractivity contribution in [3.8, 4) is 0 Å². The lowest BCUT2D eigenvalue weighted by molar-refractivity contribution is 0.126. The van der Waals surface area contributed by atoms with E-state index in [1.165, 1.54) is 0 Å². The van der Waals surface area contributed by atoms with E-state index in [-0.39, 0.29) is 6.04 Å². The van der Waals surface area contributed by atoms with Crippen LogP contribution in [-0.2, 0) is 4.74 Å². The highest BCUT2D eigenvalue weighted by molar-refractivity contribution is 7.80. The maximum absolute atomic E-state index is 5.60. The van der Waals surface area contributed by atoms with Crippen LogP contribution in [0.25, 0.3) is 0 Å². The van der Waals surface area contributed by atoms with Gasteiger partial charge in [0.2, 0.25) is 0 Å². The molecule has 0 fully saturated rings. The Hall–Kier alpha value is -1.20. The van der Waals surface area contributed by atoms with E-state index in [0.29, 0.717) is 24.1 Å². The van der Waals surface area contributed by atoms with Gasteiger partial charge < -0.3 is 15.8 Å². The summed E-state index contributed by atoms with van der Waals surface area (Å²) in [6.07, 6.45) is 1.70. The van der Waals surface area contributed by atoms with Crippen molar-refractivity contribution in [3.63, 3.8) is 0 Å². The molecule has 0 aliphatic heterocycles. The van der Waals surface area contributed by atoms with Gasteiger partial charge in [-0.1, -0.05) is 26.1 Å². The van der Waals surface area contributed by atoms with Crippen molar-refractivity contribution in [2.24, 2.45) is 11.7 Å². The molecule has 0 saturated heterocycles. The number of pyridine rings is 1. The minimum absolute atomic E-state index is 0.221. The second kappa shape index (κ2) is 7.28. The fourth-order valence-corrected chi connectivity index (χ4v) is 1.63. The van der Waals surface area contributed by atoms with Gasteiger partial charge in [-0.15, -0.1) is 0 Å². The molecular weight excluding hydrogens is 246 g/mol. The summed E-state index contributed by atoms with van der Waals surface area (Å²) >= 11 is 4.95. The molecule has 0 aliphatic carbocycles. The summed E-state index contributed by atoms with van der Waals surface area (Å²) in [4.78, 5) is 4.65. The topological polar surface area (TPSA) is 60.2 Å². The molecule has 1 aromatic rings. The van der Waals surface area contributed by atoms with Crippen LogP contribution in [0.4, 0.5) is 5.82 Å². The first-order chi connectivity index (χ1) is 8.54. The molecule has 0 spiro atoms. The summed E-state index contributed by atoms with van der Waals surface area (Å²) in [6.45, 7) is 7.66. The average molecular weight is 267 g/mol. The summed E-state index contributed by atoms with van der Waals surface area (Å²) in [5.74, 6) is 1.23. The molecule has 1 unspecified atom stereocenters. The van der Waals surface area contributed by atoms with Gasteiger partial charge in [-0.2, -0.15) is 0 Å². The highest BCUT2D eigenvalue weighted by Gasteiger charge is 2.14. The lowest BCUT2D eigenvalue weighted by Crippen LogP contribution is -2.31. The normalized spacial score (nSPS) is 12.4. The first-order valence-corrected chi connectivity index (χ1v) is 6.55. The van der Waals surface area contributed by atoms with E-state index in [0.717, 1.165) is 11.4 Å². The van der Waals surface area contributed by atoms with Crippen molar-refractivity contribution in [3.05, 3.63) is 23.9 Å². The summed E-state index contributed by atoms with van der Waals surface area (Å²) < 4.78 is 5.47. The summed E-state index contributed by atoms with van der Waals surface area (Å²) in [7, 11) is 0. The molecule has 18 heavy (non-hydrogen) atoms. The Morgan fingerprint density at radius 3 is 2.83 bits per heavy atom. The predicted molar refractivity (Wildman–Crippen MR) is 78.9 cm³/mol. The second-order valence-electron chi connectivity index (χ2n) is 4.45. The monoisotopic (exact) mass is 267 g/mol. The van der Waals surface area contributed by atoms with Crippen LogP contribution in [0.3, 0.4) is 0 Å². The Bertz CT molecular complexity index is 396. The number of hydrogen-bond acceptors (Lipinski definition) is 4. The molecule has 0 aromatic carbocycles. The molecule has 1 heterocycles. The van der Waals surface area contributed by atoms with Gasteiger partial charge in [0.1, 0.15) is 10.8 Å². The summed E-state index contributed by atoms with van der Waals surface area (Å²) in [5, 5.41) is 3.36. The summed E-state index contributed by atoms with van der Waals surface area (Å²) in [5.41, 5.74) is 6.43. The molecule has 100 valence electrons. The Morgan fingerprint density at radius 2 is 2.28 bits per heavy atom. The highest BCUT2D eigenvalue weighted by Crippen LogP contribution is 2.12. The maximum atomic E-state index is 5.60. The number of aromatic nitrogens is 1. The third-order valence-corrected chi connectivity index (χ3v) is 2.92. The number of anilines is 1. The van der Waals surface area contributed by atoms with E-state index in [1.807, 2.05) is 13.0 Å². The minimum atomic E-state index is 0.221. The van der Waals surface area contributed by atoms with Crippen molar-refractivity contribution in [2.45, 2.75) is 26.8 Å². The largest absolute Gasteiger partial charge is 0.389 e. The minimum Gasteiger partial charge on any atom is -0.389 e. The molecule has 1 rings (SSSR count). The third-order valence-electron chi connectivity index (χ3n) is 2.68. The van der Waals surface area contributed by atoms with Crippen LogP contribution in [0.1, 0.15) is 26.3 Å². The zero-order valence-corrected chi connectivity index (χ0v) is 12.0. The third kappa shape index (κ3) is 4.58. The number of ether oxygens (including phenoxy) is 1. The van der Waals surface area contributed by atoms with Crippen LogP contribution < -0.4 is 11.1 Å². The SMILES string of the molecule is CCOCC(Nc1cc(C(N)=S)ccn1)C(C)C. The van der Waals surface area contributed by atoms with Gasteiger partial charge in [-0.3, -0.25) is 0 Å². The molecular formula is C13H21N3OS. The fraction of sp³-hybridized carbons (Fsp3) is 0.538. The predicted octanol–water partition coefficient (Wildman–Crippen LogP) is 2.19. The van der Waals surface area contributed by atoms with E-state index >= 15 is 0 Å². The maximum Gasteiger partial charge on any atom is 0.126 e. The van der Waals surface area contributed by atoms with Crippen LogP contribution in [0.5, 0.6) is 0 Å². The van der Waals surface area contributed by atoms with Gasteiger partial charge in [0.25, 0.3) is 0 Å². The van der Waals surface area contributed by atoms with Gasteiger partial charge in [-0.25, -0.2) is 4.98 Å². The van der Waals surface area contributed by atoms with Crippen molar-refractivity contribution >= 4 is 23.0 Å². The number of nitrogens with zero attached hydrogens (tertiary/aromatic N) is 1. The molecule has 0 saturated carbocycles. The number of rotatable bonds is 7. The molecule has 0 radical (unpaired) electrons. The molecule has 0 bridgehead atoms. The van der Waals surface area contributed by atoms with Gasteiger partial charge in [0.05, 0.1) is 12.6 Å².